The maximum atomic E-state index is 14.9. The zero-order valence-corrected chi connectivity index (χ0v) is 13.3. The van der Waals surface area contributed by atoms with Gasteiger partial charge in [-0.05, 0) is 60.8 Å². The van der Waals surface area contributed by atoms with Gasteiger partial charge < -0.3 is 0 Å². The maximum Gasteiger partial charge on any atom is 0.259 e. The highest BCUT2D eigenvalue weighted by molar-refractivity contribution is 5.62. The van der Waals surface area contributed by atoms with Gasteiger partial charge >= 0.3 is 0 Å². The van der Waals surface area contributed by atoms with Crippen molar-refractivity contribution in [1.82, 2.24) is 0 Å². The second-order valence-electron chi connectivity index (χ2n) is 7.08. The molecular formula is C20H21F2N. The van der Waals surface area contributed by atoms with E-state index in [0.717, 1.165) is 41.5 Å². The Morgan fingerprint density at radius 3 is 2.83 bits per heavy atom. The van der Waals surface area contributed by atoms with Crippen LogP contribution < -0.4 is 0 Å². The normalized spacial score (nSPS) is 31.7. The van der Waals surface area contributed by atoms with Crippen LogP contribution >= 0.6 is 0 Å². The zero-order chi connectivity index (χ0) is 16.0. The summed E-state index contributed by atoms with van der Waals surface area (Å²) < 4.78 is 29.8. The smallest absolute Gasteiger partial charge is 0.259 e. The molecule has 1 aromatic carbocycles. The van der Waals surface area contributed by atoms with E-state index in [1.54, 1.807) is 6.20 Å². The lowest BCUT2D eigenvalue weighted by atomic mass is 9.73. The molecule has 1 fully saturated rings. The first-order chi connectivity index (χ1) is 11.1. The summed E-state index contributed by atoms with van der Waals surface area (Å²) in [5.41, 5.74) is 3.92. The Morgan fingerprint density at radius 2 is 2.00 bits per heavy atom. The third-order valence-corrected chi connectivity index (χ3v) is 5.54. The Morgan fingerprint density at radius 1 is 1.17 bits per heavy atom. The highest BCUT2D eigenvalue weighted by Gasteiger charge is 2.54. The maximum absolute atomic E-state index is 14.9. The predicted octanol–water partition coefficient (Wildman–Crippen LogP) is 5.43. The molecule has 0 saturated heterocycles. The van der Waals surface area contributed by atoms with Crippen molar-refractivity contribution in [3.8, 4) is 0 Å². The Bertz CT molecular complexity index is 714. The van der Waals surface area contributed by atoms with Crippen LogP contribution in [0, 0.1) is 18.8 Å². The molecule has 1 aliphatic heterocycles. The van der Waals surface area contributed by atoms with Gasteiger partial charge in [0.05, 0.1) is 5.92 Å². The summed E-state index contributed by atoms with van der Waals surface area (Å²) >= 11 is 0. The van der Waals surface area contributed by atoms with Crippen LogP contribution in [0.3, 0.4) is 0 Å². The quantitative estimate of drug-likeness (QED) is 0.655. The fraction of sp³-hybridized carbons (Fsp3) is 0.450. The summed E-state index contributed by atoms with van der Waals surface area (Å²) in [6, 6.07) is 7.65. The van der Waals surface area contributed by atoms with Gasteiger partial charge in [0.2, 0.25) is 0 Å². The molecule has 3 atom stereocenters. The van der Waals surface area contributed by atoms with E-state index < -0.39 is 11.8 Å². The molecule has 0 amide bonds. The molecule has 1 nitrogen and oxygen atoms in total. The van der Waals surface area contributed by atoms with E-state index in [2.05, 4.69) is 4.99 Å². The molecule has 4 rings (SSSR count). The standard InChI is InChI=1S/C20H21F2N/c1-13-3-2-4-15(11-13)19-18-16(12-20(19,21)22)6-5-14-7-9-23-10-8-17(14)18/h2-4,8-11,14,16,19H,5-7,12H2,1H3. The minimum atomic E-state index is -2.66. The van der Waals surface area contributed by atoms with Crippen LogP contribution in [0.4, 0.5) is 8.78 Å². The van der Waals surface area contributed by atoms with Crippen molar-refractivity contribution in [3.05, 3.63) is 58.8 Å². The van der Waals surface area contributed by atoms with Gasteiger partial charge in [0.15, 0.2) is 0 Å². The van der Waals surface area contributed by atoms with E-state index in [1.165, 1.54) is 0 Å². The predicted molar refractivity (Wildman–Crippen MR) is 89.0 cm³/mol. The van der Waals surface area contributed by atoms with Gasteiger partial charge in [-0.1, -0.05) is 29.8 Å². The highest BCUT2D eigenvalue weighted by atomic mass is 19.3. The van der Waals surface area contributed by atoms with Gasteiger partial charge in [0.1, 0.15) is 0 Å². The molecule has 1 heterocycles. The molecule has 0 radical (unpaired) electrons. The van der Waals surface area contributed by atoms with Crippen molar-refractivity contribution in [2.45, 2.75) is 44.4 Å². The van der Waals surface area contributed by atoms with Crippen LogP contribution in [0.2, 0.25) is 0 Å². The first-order valence-electron chi connectivity index (χ1n) is 8.43. The third-order valence-electron chi connectivity index (χ3n) is 5.54. The number of hydrogen-bond donors (Lipinski definition) is 0. The Hall–Kier alpha value is -1.77. The van der Waals surface area contributed by atoms with Gasteiger partial charge in [0, 0.05) is 18.8 Å². The number of alkyl halides is 2. The van der Waals surface area contributed by atoms with E-state index in [1.807, 2.05) is 43.5 Å². The van der Waals surface area contributed by atoms with Crippen LogP contribution in [0.1, 0.15) is 42.7 Å². The number of aryl methyl sites for hydroxylation is 1. The number of halogens is 2. The Labute approximate surface area is 135 Å². The van der Waals surface area contributed by atoms with Crippen LogP contribution in [0.5, 0.6) is 0 Å². The second kappa shape index (κ2) is 5.40. The molecular weight excluding hydrogens is 292 g/mol. The summed E-state index contributed by atoms with van der Waals surface area (Å²) in [5.74, 6) is -3.06. The number of allylic oxidation sites excluding steroid dienone is 3. The van der Waals surface area contributed by atoms with Crippen LogP contribution in [-0.2, 0) is 0 Å². The van der Waals surface area contributed by atoms with E-state index in [9.17, 15) is 8.78 Å². The first-order valence-corrected chi connectivity index (χ1v) is 8.43. The number of fused-ring (bicyclic) bond motifs is 2. The lowest BCUT2D eigenvalue weighted by molar-refractivity contribution is -0.00942. The molecule has 2 aliphatic carbocycles. The molecule has 0 aromatic heterocycles. The van der Waals surface area contributed by atoms with Crippen LogP contribution in [-0.4, -0.2) is 12.1 Å². The van der Waals surface area contributed by atoms with E-state index in [0.29, 0.717) is 5.92 Å². The average molecular weight is 313 g/mol. The molecule has 23 heavy (non-hydrogen) atoms. The molecule has 3 unspecified atom stereocenters. The largest absolute Gasteiger partial charge is 0.269 e. The number of aliphatic imine (C=N–C) groups is 1. The number of rotatable bonds is 1. The monoisotopic (exact) mass is 313 g/mol. The SMILES string of the molecule is Cc1cccc(C2C3=C4C=CN=CCC4CCC3CC2(F)F)c1. The molecule has 1 saturated carbocycles. The second-order valence-corrected chi connectivity index (χ2v) is 7.08. The van der Waals surface area contributed by atoms with Crippen molar-refractivity contribution in [2.24, 2.45) is 16.8 Å². The van der Waals surface area contributed by atoms with E-state index in [-0.39, 0.29) is 12.3 Å². The van der Waals surface area contributed by atoms with Gasteiger partial charge in [-0.25, -0.2) is 8.78 Å². The molecule has 0 N–H and O–H groups in total. The molecule has 3 aliphatic rings. The lowest BCUT2D eigenvalue weighted by Crippen LogP contribution is -2.22. The summed E-state index contributed by atoms with van der Waals surface area (Å²) in [5, 5.41) is 0. The van der Waals surface area contributed by atoms with Crippen molar-refractivity contribution in [2.75, 3.05) is 0 Å². The third kappa shape index (κ3) is 2.46. The van der Waals surface area contributed by atoms with Crippen molar-refractivity contribution in [3.63, 3.8) is 0 Å². The van der Waals surface area contributed by atoms with E-state index in [4.69, 9.17) is 0 Å². The lowest BCUT2D eigenvalue weighted by Gasteiger charge is -2.31. The fourth-order valence-corrected chi connectivity index (χ4v) is 4.60. The van der Waals surface area contributed by atoms with Crippen molar-refractivity contribution in [1.29, 1.82) is 0 Å². The van der Waals surface area contributed by atoms with Gasteiger partial charge in [-0.15, -0.1) is 0 Å². The molecule has 0 bridgehead atoms. The summed E-state index contributed by atoms with van der Waals surface area (Å²) in [4.78, 5) is 4.23. The molecule has 120 valence electrons. The van der Waals surface area contributed by atoms with Crippen molar-refractivity contribution < 1.29 is 8.78 Å². The average Bonchev–Trinajstić information content (AvgIpc) is 2.65. The minimum absolute atomic E-state index is 0.00808. The van der Waals surface area contributed by atoms with Gasteiger partial charge in [-0.3, -0.25) is 4.99 Å². The zero-order valence-electron chi connectivity index (χ0n) is 13.3. The molecule has 3 heteroatoms. The van der Waals surface area contributed by atoms with E-state index >= 15 is 0 Å². The molecule has 0 spiro atoms. The molecule has 1 aromatic rings. The number of hydrogen-bond acceptors (Lipinski definition) is 1. The van der Waals surface area contributed by atoms with Crippen molar-refractivity contribution >= 4 is 6.21 Å². The topological polar surface area (TPSA) is 12.4 Å². The Kier molecular flexibility index (Phi) is 3.47. The van der Waals surface area contributed by atoms with Gasteiger partial charge in [0.25, 0.3) is 5.92 Å². The summed E-state index contributed by atoms with van der Waals surface area (Å²) in [7, 11) is 0. The number of benzene rings is 1. The number of nitrogens with zero attached hydrogens (tertiary/aromatic N) is 1. The van der Waals surface area contributed by atoms with Gasteiger partial charge in [-0.2, -0.15) is 0 Å². The highest BCUT2D eigenvalue weighted by Crippen LogP contribution is 2.58. The summed E-state index contributed by atoms with van der Waals surface area (Å²) in [6.45, 7) is 1.97. The summed E-state index contributed by atoms with van der Waals surface area (Å²) in [6.07, 6.45) is 8.41. The van der Waals surface area contributed by atoms with Crippen LogP contribution in [0.25, 0.3) is 0 Å². The fourth-order valence-electron chi connectivity index (χ4n) is 4.60. The Balaban J connectivity index is 1.88. The first kappa shape index (κ1) is 14.8. The van der Waals surface area contributed by atoms with Crippen LogP contribution in [0.15, 0.2) is 52.7 Å². The minimum Gasteiger partial charge on any atom is -0.269 e.